The fourth-order valence-electron chi connectivity index (χ4n) is 1.35. The molecular formula is C11H17N3O4S. The molecule has 1 aromatic heterocycles. The number of aryl methyl sites for hydroxylation is 1. The minimum absolute atomic E-state index is 0.197. The Hall–Kier alpha value is -1.83. The molecule has 0 saturated carbocycles. The zero-order valence-electron chi connectivity index (χ0n) is 10.8. The molecule has 7 nitrogen and oxygen atoms in total. The fraction of sp³-hybridized carbons (Fsp3) is 0.455. The lowest BCUT2D eigenvalue weighted by Crippen LogP contribution is -2.21. The summed E-state index contributed by atoms with van der Waals surface area (Å²) in [5.74, 6) is -0.690. The first-order chi connectivity index (χ1) is 8.84. The Morgan fingerprint density at radius 1 is 1.53 bits per heavy atom. The van der Waals surface area contributed by atoms with E-state index in [9.17, 15) is 13.2 Å². The summed E-state index contributed by atoms with van der Waals surface area (Å²) in [6.45, 7) is 3.57. The predicted octanol–water partition coefficient (Wildman–Crippen LogP) is 0.667. The van der Waals surface area contributed by atoms with E-state index in [2.05, 4.69) is 14.4 Å². The highest BCUT2D eigenvalue weighted by Gasteiger charge is 2.15. The first-order valence-corrected chi connectivity index (χ1v) is 7.37. The Labute approximate surface area is 112 Å². The minimum Gasteiger partial charge on any atom is -0.466 e. The molecule has 1 heterocycles. The number of nitrogens with one attached hydrogen (secondary N) is 1. The molecule has 3 N–H and O–H groups in total. The standard InChI is InChI=1S/C11H17N3O4S/c1-3-18-10(15)4-5-19(16,17)14-11-8(2)6-9(12)7-13-11/h6-7H,3-5,12H2,1-2H3,(H,13,14). The van der Waals surface area contributed by atoms with Crippen LogP contribution in [0.4, 0.5) is 11.5 Å². The first-order valence-electron chi connectivity index (χ1n) is 5.72. The van der Waals surface area contributed by atoms with E-state index >= 15 is 0 Å². The average molecular weight is 287 g/mol. The second-order valence-corrected chi connectivity index (χ2v) is 5.75. The van der Waals surface area contributed by atoms with Gasteiger partial charge in [-0.25, -0.2) is 13.4 Å². The highest BCUT2D eigenvalue weighted by molar-refractivity contribution is 7.92. The molecule has 0 unspecified atom stereocenters. The van der Waals surface area contributed by atoms with Crippen LogP contribution in [0, 0.1) is 6.92 Å². The van der Waals surface area contributed by atoms with Crippen LogP contribution in [0.2, 0.25) is 0 Å². The molecule has 8 heteroatoms. The number of nitrogens with zero attached hydrogens (tertiary/aromatic N) is 1. The third-order valence-electron chi connectivity index (χ3n) is 2.23. The lowest BCUT2D eigenvalue weighted by Gasteiger charge is -2.09. The van der Waals surface area contributed by atoms with Crippen LogP contribution in [-0.4, -0.2) is 31.7 Å². The molecule has 0 radical (unpaired) electrons. The number of ether oxygens (including phenoxy) is 1. The van der Waals surface area contributed by atoms with Crippen molar-refractivity contribution in [1.82, 2.24) is 4.98 Å². The minimum atomic E-state index is -3.64. The first kappa shape index (κ1) is 15.2. The Kier molecular flexibility index (Phi) is 5.11. The van der Waals surface area contributed by atoms with Gasteiger partial charge in [0.05, 0.1) is 30.7 Å². The lowest BCUT2D eigenvalue weighted by molar-refractivity contribution is -0.142. The van der Waals surface area contributed by atoms with Gasteiger partial charge in [-0.05, 0) is 25.5 Å². The van der Waals surface area contributed by atoms with Crippen LogP contribution >= 0.6 is 0 Å². The average Bonchev–Trinajstić information content (AvgIpc) is 2.31. The van der Waals surface area contributed by atoms with Crippen LogP contribution in [0.3, 0.4) is 0 Å². The van der Waals surface area contributed by atoms with Crippen LogP contribution in [0.15, 0.2) is 12.3 Å². The SMILES string of the molecule is CCOC(=O)CCS(=O)(=O)Nc1ncc(N)cc1C. The number of anilines is 2. The van der Waals surface area contributed by atoms with Gasteiger partial charge in [-0.15, -0.1) is 0 Å². The molecule has 0 fully saturated rings. The third kappa shape index (κ3) is 5.12. The van der Waals surface area contributed by atoms with E-state index in [-0.39, 0.29) is 24.6 Å². The Morgan fingerprint density at radius 2 is 2.21 bits per heavy atom. The molecule has 0 amide bonds. The number of rotatable bonds is 6. The quantitative estimate of drug-likeness (QED) is 0.744. The maximum atomic E-state index is 11.8. The molecule has 106 valence electrons. The number of hydrogen-bond donors (Lipinski definition) is 2. The molecule has 0 saturated heterocycles. The zero-order chi connectivity index (χ0) is 14.5. The zero-order valence-corrected chi connectivity index (χ0v) is 11.7. The number of nitrogen functional groups attached to an aromatic ring is 1. The number of aromatic nitrogens is 1. The van der Waals surface area contributed by atoms with Gasteiger partial charge in [-0.3, -0.25) is 9.52 Å². The van der Waals surface area contributed by atoms with E-state index in [0.29, 0.717) is 11.3 Å². The Bertz CT molecular complexity index is 557. The van der Waals surface area contributed by atoms with Crippen molar-refractivity contribution in [2.75, 3.05) is 22.8 Å². The molecule has 0 bridgehead atoms. The molecule has 1 aromatic rings. The molecule has 19 heavy (non-hydrogen) atoms. The van der Waals surface area contributed by atoms with Crippen molar-refractivity contribution in [2.24, 2.45) is 0 Å². The summed E-state index contributed by atoms with van der Waals surface area (Å²) in [6, 6.07) is 1.61. The molecule has 1 rings (SSSR count). The van der Waals surface area contributed by atoms with E-state index in [1.54, 1.807) is 19.9 Å². The highest BCUT2D eigenvalue weighted by atomic mass is 32.2. The third-order valence-corrected chi connectivity index (χ3v) is 3.48. The molecular weight excluding hydrogens is 270 g/mol. The smallest absolute Gasteiger partial charge is 0.306 e. The van der Waals surface area contributed by atoms with Crippen LogP contribution in [0.5, 0.6) is 0 Å². The summed E-state index contributed by atoms with van der Waals surface area (Å²) in [6.07, 6.45) is 1.16. The number of hydrogen-bond acceptors (Lipinski definition) is 6. The highest BCUT2D eigenvalue weighted by Crippen LogP contribution is 2.15. The summed E-state index contributed by atoms with van der Waals surface area (Å²) in [5, 5.41) is 0. The van der Waals surface area contributed by atoms with Crippen LogP contribution in [0.25, 0.3) is 0 Å². The number of sulfonamides is 1. The normalized spacial score (nSPS) is 11.1. The number of carbonyl (C=O) groups is 1. The van der Waals surface area contributed by atoms with Crippen LogP contribution in [-0.2, 0) is 19.6 Å². The predicted molar refractivity (Wildman–Crippen MR) is 72.0 cm³/mol. The van der Waals surface area contributed by atoms with Gasteiger partial charge in [0.25, 0.3) is 0 Å². The van der Waals surface area contributed by atoms with E-state index in [0.717, 1.165) is 0 Å². The van der Waals surface area contributed by atoms with Crippen molar-refractivity contribution in [3.8, 4) is 0 Å². The number of esters is 1. The molecule has 0 aliphatic carbocycles. The second kappa shape index (κ2) is 6.37. The van der Waals surface area contributed by atoms with Crippen molar-refractivity contribution in [3.05, 3.63) is 17.8 Å². The molecule has 0 aromatic carbocycles. The van der Waals surface area contributed by atoms with Crippen molar-refractivity contribution < 1.29 is 17.9 Å². The van der Waals surface area contributed by atoms with Crippen molar-refractivity contribution in [1.29, 1.82) is 0 Å². The summed E-state index contributed by atoms with van der Waals surface area (Å²) >= 11 is 0. The number of nitrogens with two attached hydrogens (primary N) is 1. The monoisotopic (exact) mass is 287 g/mol. The van der Waals surface area contributed by atoms with Gasteiger partial charge < -0.3 is 10.5 Å². The second-order valence-electron chi connectivity index (χ2n) is 3.91. The lowest BCUT2D eigenvalue weighted by atomic mass is 10.3. The van der Waals surface area contributed by atoms with Crippen molar-refractivity contribution in [3.63, 3.8) is 0 Å². The van der Waals surface area contributed by atoms with Gasteiger partial charge in [0.15, 0.2) is 0 Å². The number of carbonyl (C=O) groups excluding carboxylic acids is 1. The number of pyridine rings is 1. The van der Waals surface area contributed by atoms with Gasteiger partial charge in [-0.2, -0.15) is 0 Å². The topological polar surface area (TPSA) is 111 Å². The molecule has 0 atom stereocenters. The van der Waals surface area contributed by atoms with Gasteiger partial charge in [-0.1, -0.05) is 0 Å². The Morgan fingerprint density at radius 3 is 2.79 bits per heavy atom. The summed E-state index contributed by atoms with van der Waals surface area (Å²) in [5.41, 5.74) is 6.58. The Balaban J connectivity index is 2.66. The van der Waals surface area contributed by atoms with E-state index in [1.807, 2.05) is 0 Å². The van der Waals surface area contributed by atoms with Crippen LogP contribution < -0.4 is 10.5 Å². The van der Waals surface area contributed by atoms with Crippen molar-refractivity contribution >= 4 is 27.5 Å². The molecule has 0 aliphatic heterocycles. The van der Waals surface area contributed by atoms with E-state index < -0.39 is 16.0 Å². The van der Waals surface area contributed by atoms with Gasteiger partial charge in [0.2, 0.25) is 10.0 Å². The van der Waals surface area contributed by atoms with E-state index in [1.165, 1.54) is 6.20 Å². The van der Waals surface area contributed by atoms with Gasteiger partial charge in [0, 0.05) is 0 Å². The van der Waals surface area contributed by atoms with E-state index in [4.69, 9.17) is 5.73 Å². The summed E-state index contributed by atoms with van der Waals surface area (Å²) in [7, 11) is -3.64. The largest absolute Gasteiger partial charge is 0.466 e. The molecule has 0 spiro atoms. The summed E-state index contributed by atoms with van der Waals surface area (Å²) < 4.78 is 30.5. The maximum absolute atomic E-state index is 11.8. The fourth-order valence-corrected chi connectivity index (χ4v) is 2.40. The van der Waals surface area contributed by atoms with Gasteiger partial charge >= 0.3 is 5.97 Å². The molecule has 0 aliphatic rings. The van der Waals surface area contributed by atoms with Gasteiger partial charge in [0.1, 0.15) is 5.82 Å². The maximum Gasteiger partial charge on any atom is 0.306 e. The van der Waals surface area contributed by atoms with Crippen molar-refractivity contribution in [2.45, 2.75) is 20.3 Å². The summed E-state index contributed by atoms with van der Waals surface area (Å²) in [4.78, 5) is 15.0. The van der Waals surface area contributed by atoms with Crippen LogP contribution in [0.1, 0.15) is 18.9 Å².